The Morgan fingerprint density at radius 1 is 1.17 bits per heavy atom. The predicted octanol–water partition coefficient (Wildman–Crippen LogP) is 4.20. The zero-order valence-corrected chi connectivity index (χ0v) is 13.7. The second kappa shape index (κ2) is 6.81. The van der Waals surface area contributed by atoms with Crippen LogP contribution in [0.15, 0.2) is 28.9 Å². The lowest BCUT2D eigenvalue weighted by molar-refractivity contribution is 0.310. The second-order valence-electron chi connectivity index (χ2n) is 5.99. The Morgan fingerprint density at radius 2 is 2.00 bits per heavy atom. The minimum Gasteiger partial charge on any atom is -0.379 e. The van der Waals surface area contributed by atoms with Gasteiger partial charge in [0.05, 0.1) is 11.0 Å². The molecule has 0 aliphatic heterocycles. The lowest BCUT2D eigenvalue weighted by Crippen LogP contribution is -2.08. The van der Waals surface area contributed by atoms with Crippen LogP contribution in [0.5, 0.6) is 0 Å². The average Bonchev–Trinajstić information content (AvgIpc) is 3.14. The van der Waals surface area contributed by atoms with Gasteiger partial charge in [-0.15, -0.1) is 0 Å². The smallest absolute Gasteiger partial charge is 0.199 e. The van der Waals surface area contributed by atoms with E-state index >= 15 is 0 Å². The number of nitrogens with two attached hydrogens (primary N) is 1. The number of unbranched alkanes of at least 4 members (excludes halogenated alkanes) is 3. The summed E-state index contributed by atoms with van der Waals surface area (Å²) in [6.45, 7) is 4.44. The Labute approximate surface area is 135 Å². The minimum absolute atomic E-state index is 0.278. The molecule has 2 aromatic heterocycles. The number of anilines is 1. The highest BCUT2D eigenvalue weighted by atomic mass is 16.6. The van der Waals surface area contributed by atoms with E-state index < -0.39 is 0 Å². The molecule has 6 heteroatoms. The number of nitrogens with zero attached hydrogens (tertiary/aromatic N) is 4. The third-order valence-electron chi connectivity index (χ3n) is 4.24. The lowest BCUT2D eigenvalue weighted by atomic mass is 10.1. The highest BCUT2D eigenvalue weighted by Gasteiger charge is 2.21. The Balaban J connectivity index is 1.98. The Morgan fingerprint density at radius 3 is 2.74 bits per heavy atom. The van der Waals surface area contributed by atoms with Gasteiger partial charge >= 0.3 is 0 Å². The first-order valence-electron chi connectivity index (χ1n) is 8.27. The summed E-state index contributed by atoms with van der Waals surface area (Å²) in [4.78, 5) is 4.70. The Bertz CT molecular complexity index is 776. The average molecular weight is 313 g/mol. The summed E-state index contributed by atoms with van der Waals surface area (Å²) in [5, 5.41) is 7.63. The van der Waals surface area contributed by atoms with E-state index in [1.807, 2.05) is 18.2 Å². The molecule has 1 aromatic carbocycles. The maximum absolute atomic E-state index is 5.88. The fraction of sp³-hybridized carbons (Fsp3) is 0.471. The standard InChI is InChI=1S/C17H23N5O/c1-3-4-5-6-9-12(2)22-14-11-8-7-10-13(14)19-17(22)15-16(18)21-23-20-15/h7-8,10-12H,3-6,9H2,1-2H3,(H2,18,21)/t12-/m1/s1. The van der Waals surface area contributed by atoms with Gasteiger partial charge in [0.25, 0.3) is 0 Å². The normalized spacial score (nSPS) is 12.8. The van der Waals surface area contributed by atoms with Gasteiger partial charge in [0.2, 0.25) is 0 Å². The molecule has 0 amide bonds. The van der Waals surface area contributed by atoms with Crippen molar-refractivity contribution in [1.82, 2.24) is 19.9 Å². The van der Waals surface area contributed by atoms with Crippen LogP contribution >= 0.6 is 0 Å². The van der Waals surface area contributed by atoms with Crippen molar-refractivity contribution in [2.24, 2.45) is 0 Å². The van der Waals surface area contributed by atoms with E-state index in [1.165, 1.54) is 25.7 Å². The number of nitrogen functional groups attached to an aromatic ring is 1. The van der Waals surface area contributed by atoms with Crippen LogP contribution < -0.4 is 5.73 Å². The predicted molar refractivity (Wildman–Crippen MR) is 90.9 cm³/mol. The van der Waals surface area contributed by atoms with Gasteiger partial charge in [-0.1, -0.05) is 44.7 Å². The van der Waals surface area contributed by atoms with Gasteiger partial charge in [-0.25, -0.2) is 9.61 Å². The van der Waals surface area contributed by atoms with Gasteiger partial charge in [0.15, 0.2) is 17.3 Å². The molecule has 1 atom stereocenters. The third kappa shape index (κ3) is 3.06. The largest absolute Gasteiger partial charge is 0.379 e. The molecule has 0 saturated heterocycles. The van der Waals surface area contributed by atoms with Crippen molar-refractivity contribution in [2.75, 3.05) is 5.73 Å². The number of hydrogen-bond acceptors (Lipinski definition) is 5. The first-order valence-corrected chi connectivity index (χ1v) is 8.27. The molecule has 2 N–H and O–H groups in total. The van der Waals surface area contributed by atoms with E-state index in [9.17, 15) is 0 Å². The van der Waals surface area contributed by atoms with Crippen LogP contribution in [-0.2, 0) is 0 Å². The van der Waals surface area contributed by atoms with Crippen molar-refractivity contribution < 1.29 is 4.63 Å². The van der Waals surface area contributed by atoms with Crippen LogP contribution in [0.2, 0.25) is 0 Å². The van der Waals surface area contributed by atoms with Crippen molar-refractivity contribution in [3.63, 3.8) is 0 Å². The molecule has 3 aromatic rings. The first kappa shape index (κ1) is 15.5. The lowest BCUT2D eigenvalue weighted by Gasteiger charge is -2.17. The van der Waals surface area contributed by atoms with Crippen molar-refractivity contribution in [2.45, 2.75) is 52.0 Å². The zero-order valence-electron chi connectivity index (χ0n) is 13.7. The summed E-state index contributed by atoms with van der Waals surface area (Å²) < 4.78 is 6.97. The van der Waals surface area contributed by atoms with Gasteiger partial charge < -0.3 is 10.3 Å². The summed E-state index contributed by atoms with van der Waals surface area (Å²) in [7, 11) is 0. The van der Waals surface area contributed by atoms with E-state index in [1.54, 1.807) is 0 Å². The fourth-order valence-electron chi connectivity index (χ4n) is 3.00. The van der Waals surface area contributed by atoms with Gasteiger partial charge in [-0.2, -0.15) is 0 Å². The van der Waals surface area contributed by atoms with Crippen molar-refractivity contribution >= 4 is 16.9 Å². The monoisotopic (exact) mass is 313 g/mol. The maximum atomic E-state index is 5.88. The molecule has 0 spiro atoms. The number of imidazole rings is 1. The molecule has 0 fully saturated rings. The summed E-state index contributed by atoms with van der Waals surface area (Å²) in [6, 6.07) is 8.41. The zero-order chi connectivity index (χ0) is 16.2. The van der Waals surface area contributed by atoms with Crippen LogP contribution in [0.1, 0.15) is 52.0 Å². The van der Waals surface area contributed by atoms with Crippen molar-refractivity contribution in [3.8, 4) is 11.5 Å². The van der Waals surface area contributed by atoms with Crippen LogP contribution in [0.25, 0.3) is 22.6 Å². The highest BCUT2D eigenvalue weighted by Crippen LogP contribution is 2.31. The van der Waals surface area contributed by atoms with Gasteiger partial charge in [-0.3, -0.25) is 0 Å². The molecule has 23 heavy (non-hydrogen) atoms. The van der Waals surface area contributed by atoms with Crippen molar-refractivity contribution in [1.29, 1.82) is 0 Å². The molecule has 122 valence electrons. The third-order valence-corrected chi connectivity index (χ3v) is 4.24. The quantitative estimate of drug-likeness (QED) is 0.661. The maximum Gasteiger partial charge on any atom is 0.199 e. The molecule has 0 saturated carbocycles. The molecule has 0 unspecified atom stereocenters. The Hall–Kier alpha value is -2.37. The summed E-state index contributed by atoms with van der Waals surface area (Å²) in [5.41, 5.74) is 8.42. The number of rotatable bonds is 7. The number of fused-ring (bicyclic) bond motifs is 1. The van der Waals surface area contributed by atoms with E-state index in [2.05, 4.69) is 34.8 Å². The minimum atomic E-state index is 0.278. The van der Waals surface area contributed by atoms with Crippen LogP contribution in [0, 0.1) is 0 Å². The Kier molecular flexibility index (Phi) is 4.60. The molecular weight excluding hydrogens is 290 g/mol. The molecule has 3 rings (SSSR count). The van der Waals surface area contributed by atoms with Crippen LogP contribution in [-0.4, -0.2) is 19.9 Å². The molecular formula is C17H23N5O. The molecule has 0 aliphatic rings. The van der Waals surface area contributed by atoms with Gasteiger partial charge in [0, 0.05) is 6.04 Å². The molecule has 2 heterocycles. The number of benzene rings is 1. The molecule has 0 aliphatic carbocycles. The van der Waals surface area contributed by atoms with E-state index in [-0.39, 0.29) is 5.82 Å². The SMILES string of the molecule is CCCCCC[C@@H](C)n1c(-c2nonc2N)nc2ccccc21. The molecule has 0 radical (unpaired) electrons. The highest BCUT2D eigenvalue weighted by molar-refractivity contribution is 5.81. The van der Waals surface area contributed by atoms with E-state index in [0.717, 1.165) is 23.3 Å². The molecule has 6 nitrogen and oxygen atoms in total. The van der Waals surface area contributed by atoms with Crippen molar-refractivity contribution in [3.05, 3.63) is 24.3 Å². The first-order chi connectivity index (χ1) is 11.2. The summed E-state index contributed by atoms with van der Waals surface area (Å²) in [6.07, 6.45) is 6.09. The van der Waals surface area contributed by atoms with E-state index in [0.29, 0.717) is 11.7 Å². The fourth-order valence-corrected chi connectivity index (χ4v) is 3.00. The number of hydrogen-bond donors (Lipinski definition) is 1. The summed E-state index contributed by atoms with van der Waals surface area (Å²) in [5.74, 6) is 1.01. The summed E-state index contributed by atoms with van der Waals surface area (Å²) >= 11 is 0. The topological polar surface area (TPSA) is 82.8 Å². The molecule has 0 bridgehead atoms. The van der Waals surface area contributed by atoms with Gasteiger partial charge in [0.1, 0.15) is 0 Å². The van der Waals surface area contributed by atoms with Crippen LogP contribution in [0.3, 0.4) is 0 Å². The second-order valence-corrected chi connectivity index (χ2v) is 5.99. The van der Waals surface area contributed by atoms with Gasteiger partial charge in [-0.05, 0) is 35.8 Å². The number of aromatic nitrogens is 4. The van der Waals surface area contributed by atoms with E-state index in [4.69, 9.17) is 15.3 Å². The van der Waals surface area contributed by atoms with Crippen LogP contribution in [0.4, 0.5) is 5.82 Å². The number of para-hydroxylation sites is 2.